The molecule has 4 saturated carbocycles. The van der Waals surface area contributed by atoms with Gasteiger partial charge in [-0.3, -0.25) is 0 Å². The predicted molar refractivity (Wildman–Crippen MR) is 77.6 cm³/mol. The third-order valence-electron chi connectivity index (χ3n) is 5.82. The minimum absolute atomic E-state index is 0.227. The molecule has 0 radical (unpaired) electrons. The molecule has 0 amide bonds. The molecular formula is C16H21NO2S. The summed E-state index contributed by atoms with van der Waals surface area (Å²) in [6.45, 7) is 0. The van der Waals surface area contributed by atoms with Gasteiger partial charge in [-0.2, -0.15) is 0 Å². The minimum atomic E-state index is -3.57. The zero-order valence-electron chi connectivity index (χ0n) is 11.5. The lowest BCUT2D eigenvalue weighted by Crippen LogP contribution is -2.43. The van der Waals surface area contributed by atoms with Crippen molar-refractivity contribution in [3.63, 3.8) is 0 Å². The molecular weight excluding hydrogens is 270 g/mol. The Morgan fingerprint density at radius 2 is 1.35 bits per heavy atom. The fourth-order valence-electron chi connectivity index (χ4n) is 5.35. The van der Waals surface area contributed by atoms with Gasteiger partial charge in [0.25, 0.3) is 0 Å². The van der Waals surface area contributed by atoms with Crippen molar-refractivity contribution in [2.24, 2.45) is 28.8 Å². The Labute approximate surface area is 120 Å². The summed E-state index contributed by atoms with van der Waals surface area (Å²) >= 11 is 0. The second-order valence-corrected chi connectivity index (χ2v) is 8.63. The molecule has 0 spiro atoms. The highest BCUT2D eigenvalue weighted by Crippen LogP contribution is 2.59. The molecule has 4 heteroatoms. The molecule has 1 aromatic rings. The smallest absolute Gasteiger partial charge is 0.225 e. The fraction of sp³-hybridized carbons (Fsp3) is 0.625. The van der Waals surface area contributed by atoms with E-state index in [4.69, 9.17) is 5.14 Å². The minimum Gasteiger partial charge on any atom is -0.225 e. The SMILES string of the molecule is NS(=O)(=O)c1ccc(C2C3CC4CC(C3)CC2C4)cc1. The first-order valence-electron chi connectivity index (χ1n) is 7.63. The maximum atomic E-state index is 11.3. The number of hydrogen-bond donors (Lipinski definition) is 1. The Morgan fingerprint density at radius 1 is 0.850 bits per heavy atom. The zero-order valence-corrected chi connectivity index (χ0v) is 12.4. The fourth-order valence-corrected chi connectivity index (χ4v) is 5.86. The van der Waals surface area contributed by atoms with Gasteiger partial charge in [-0.1, -0.05) is 12.1 Å². The van der Waals surface area contributed by atoms with Crippen LogP contribution in [0.1, 0.15) is 43.6 Å². The Kier molecular flexibility index (Phi) is 2.77. The molecule has 4 bridgehead atoms. The lowest BCUT2D eigenvalue weighted by atomic mass is 9.51. The number of nitrogens with two attached hydrogens (primary N) is 1. The second-order valence-electron chi connectivity index (χ2n) is 7.07. The summed E-state index contributed by atoms with van der Waals surface area (Å²) in [5.41, 5.74) is 1.33. The van der Waals surface area contributed by atoms with Crippen LogP contribution < -0.4 is 5.14 Å². The van der Waals surface area contributed by atoms with Crippen molar-refractivity contribution in [2.45, 2.75) is 42.9 Å². The van der Waals surface area contributed by atoms with Crippen LogP contribution in [-0.2, 0) is 10.0 Å². The summed E-state index contributed by atoms with van der Waals surface area (Å²) in [4.78, 5) is 0.227. The molecule has 4 fully saturated rings. The van der Waals surface area contributed by atoms with Crippen molar-refractivity contribution < 1.29 is 8.42 Å². The van der Waals surface area contributed by atoms with Crippen molar-refractivity contribution in [1.29, 1.82) is 0 Å². The highest BCUT2D eigenvalue weighted by molar-refractivity contribution is 7.89. The molecule has 0 atom stereocenters. The largest absolute Gasteiger partial charge is 0.238 e. The third kappa shape index (κ3) is 2.01. The van der Waals surface area contributed by atoms with Gasteiger partial charge in [0.1, 0.15) is 0 Å². The summed E-state index contributed by atoms with van der Waals surface area (Å²) in [6, 6.07) is 7.34. The topological polar surface area (TPSA) is 60.2 Å². The number of sulfonamides is 1. The van der Waals surface area contributed by atoms with Crippen LogP contribution in [0.3, 0.4) is 0 Å². The van der Waals surface area contributed by atoms with E-state index in [1.807, 2.05) is 12.1 Å². The van der Waals surface area contributed by atoms with Gasteiger partial charge < -0.3 is 0 Å². The molecule has 3 nitrogen and oxygen atoms in total. The second kappa shape index (κ2) is 4.31. The monoisotopic (exact) mass is 291 g/mol. The van der Waals surface area contributed by atoms with Gasteiger partial charge >= 0.3 is 0 Å². The lowest BCUT2D eigenvalue weighted by Gasteiger charge is -2.54. The summed E-state index contributed by atoms with van der Waals surface area (Å²) < 4.78 is 22.7. The first-order valence-corrected chi connectivity index (χ1v) is 9.18. The van der Waals surface area contributed by atoms with Gasteiger partial charge in [0.2, 0.25) is 10.0 Å². The molecule has 4 aliphatic rings. The summed E-state index contributed by atoms with van der Waals surface area (Å²) in [5.74, 6) is 4.24. The van der Waals surface area contributed by atoms with Crippen LogP contribution in [0.2, 0.25) is 0 Å². The van der Waals surface area contributed by atoms with Gasteiger partial charge in [0, 0.05) is 0 Å². The normalized spacial score (nSPS) is 39.1. The highest BCUT2D eigenvalue weighted by Gasteiger charge is 2.48. The van der Waals surface area contributed by atoms with Gasteiger partial charge in [0.15, 0.2) is 0 Å². The standard InChI is InChI=1S/C16H21NO2S/c17-20(18,19)15-3-1-12(2-4-15)16-13-6-10-5-11(8-13)9-14(16)7-10/h1-4,10-11,13-14,16H,5-9H2,(H2,17,18,19). The Bertz CT molecular complexity index is 592. The average Bonchev–Trinajstić information content (AvgIpc) is 2.37. The number of benzene rings is 1. The van der Waals surface area contributed by atoms with E-state index in [0.29, 0.717) is 5.92 Å². The predicted octanol–water partition coefficient (Wildman–Crippen LogP) is 2.87. The maximum absolute atomic E-state index is 11.3. The van der Waals surface area contributed by atoms with Crippen molar-refractivity contribution in [3.05, 3.63) is 29.8 Å². The Morgan fingerprint density at radius 3 is 1.80 bits per heavy atom. The van der Waals surface area contributed by atoms with Crippen LogP contribution >= 0.6 is 0 Å². The van der Waals surface area contributed by atoms with Crippen LogP contribution in [0.4, 0.5) is 0 Å². The molecule has 0 saturated heterocycles. The first-order chi connectivity index (χ1) is 9.50. The molecule has 0 aromatic heterocycles. The summed E-state index contributed by atoms with van der Waals surface area (Å²) in [5, 5.41) is 5.17. The zero-order chi connectivity index (χ0) is 13.9. The van der Waals surface area contributed by atoms with Crippen molar-refractivity contribution in [2.75, 3.05) is 0 Å². The number of rotatable bonds is 2. The van der Waals surface area contributed by atoms with Crippen molar-refractivity contribution in [1.82, 2.24) is 0 Å². The van der Waals surface area contributed by atoms with Gasteiger partial charge in [-0.05, 0) is 79.4 Å². The maximum Gasteiger partial charge on any atom is 0.238 e. The molecule has 5 rings (SSSR count). The van der Waals surface area contributed by atoms with E-state index in [1.165, 1.54) is 37.7 Å². The van der Waals surface area contributed by atoms with Crippen molar-refractivity contribution in [3.8, 4) is 0 Å². The van der Waals surface area contributed by atoms with E-state index in [9.17, 15) is 8.42 Å². The molecule has 0 heterocycles. The summed E-state index contributed by atoms with van der Waals surface area (Å²) in [6.07, 6.45) is 7.00. The molecule has 20 heavy (non-hydrogen) atoms. The Balaban J connectivity index is 1.65. The molecule has 108 valence electrons. The van der Waals surface area contributed by atoms with Gasteiger partial charge in [-0.15, -0.1) is 0 Å². The quantitative estimate of drug-likeness (QED) is 0.910. The van der Waals surface area contributed by atoms with E-state index in [1.54, 1.807) is 12.1 Å². The number of hydrogen-bond acceptors (Lipinski definition) is 2. The van der Waals surface area contributed by atoms with Crippen LogP contribution in [0, 0.1) is 23.7 Å². The Hall–Kier alpha value is -0.870. The highest BCUT2D eigenvalue weighted by atomic mass is 32.2. The van der Waals surface area contributed by atoms with Crippen molar-refractivity contribution >= 4 is 10.0 Å². The van der Waals surface area contributed by atoms with E-state index in [-0.39, 0.29) is 4.90 Å². The van der Waals surface area contributed by atoms with Crippen LogP contribution in [0.15, 0.2) is 29.2 Å². The number of primary sulfonamides is 1. The third-order valence-corrected chi connectivity index (χ3v) is 6.75. The molecule has 2 N–H and O–H groups in total. The van der Waals surface area contributed by atoms with Crippen LogP contribution in [0.25, 0.3) is 0 Å². The van der Waals surface area contributed by atoms with E-state index in [2.05, 4.69) is 0 Å². The molecule has 1 aromatic carbocycles. The van der Waals surface area contributed by atoms with Gasteiger partial charge in [0.05, 0.1) is 4.90 Å². The van der Waals surface area contributed by atoms with Gasteiger partial charge in [-0.25, -0.2) is 13.6 Å². The molecule has 0 unspecified atom stereocenters. The van der Waals surface area contributed by atoms with Crippen LogP contribution in [0.5, 0.6) is 0 Å². The average molecular weight is 291 g/mol. The molecule has 4 aliphatic carbocycles. The first kappa shape index (κ1) is 12.8. The lowest BCUT2D eigenvalue weighted by molar-refractivity contribution is -0.00279. The van der Waals surface area contributed by atoms with E-state index < -0.39 is 10.0 Å². The van der Waals surface area contributed by atoms with E-state index in [0.717, 1.165) is 23.7 Å². The molecule has 0 aliphatic heterocycles. The van der Waals surface area contributed by atoms with Crippen LogP contribution in [-0.4, -0.2) is 8.42 Å². The summed E-state index contributed by atoms with van der Waals surface area (Å²) in [7, 11) is -3.57. The van der Waals surface area contributed by atoms with E-state index >= 15 is 0 Å².